The first-order valence-corrected chi connectivity index (χ1v) is 6.79. The van der Waals surface area contributed by atoms with Crippen LogP contribution in [0.15, 0.2) is 11.8 Å². The van der Waals surface area contributed by atoms with Crippen LogP contribution in [0.5, 0.6) is 0 Å². The molecule has 0 saturated carbocycles. The lowest BCUT2D eigenvalue weighted by atomic mass is 10.5. The quantitative estimate of drug-likeness (QED) is 0.482. The number of allylic oxidation sites excluding steroid dienone is 2. The zero-order chi connectivity index (χ0) is 8.91. The summed E-state index contributed by atoms with van der Waals surface area (Å²) in [6.45, 7) is 10.7. The van der Waals surface area contributed by atoms with Gasteiger partial charge in [0.15, 0.2) is 0 Å². The number of rotatable bonds is 4. The summed E-state index contributed by atoms with van der Waals surface area (Å²) in [5.74, 6) is 0.954. The molecule has 0 spiro atoms. The predicted molar refractivity (Wildman–Crippen MR) is 49.6 cm³/mol. The summed E-state index contributed by atoms with van der Waals surface area (Å²) in [7, 11) is -1.86. The number of hydrogen-bond acceptors (Lipinski definition) is 2. The molecular formula is C8H18O2Si. The molecule has 11 heavy (non-hydrogen) atoms. The fourth-order valence-electron chi connectivity index (χ4n) is 0.824. The molecule has 0 N–H and O–H groups in total. The normalized spacial score (nSPS) is 13.4. The zero-order valence-electron chi connectivity index (χ0n) is 8.10. The maximum atomic E-state index is 5.61. The van der Waals surface area contributed by atoms with Crippen LogP contribution in [-0.2, 0) is 8.85 Å². The van der Waals surface area contributed by atoms with Crippen LogP contribution >= 0.6 is 0 Å². The van der Waals surface area contributed by atoms with Crippen molar-refractivity contribution in [1.29, 1.82) is 0 Å². The first-order valence-electron chi connectivity index (χ1n) is 3.97. The van der Waals surface area contributed by atoms with Gasteiger partial charge in [0.05, 0.1) is 5.76 Å². The van der Waals surface area contributed by atoms with Crippen molar-refractivity contribution in [3.63, 3.8) is 0 Å². The molecule has 0 rings (SSSR count). The van der Waals surface area contributed by atoms with Gasteiger partial charge < -0.3 is 8.85 Å². The van der Waals surface area contributed by atoms with E-state index in [0.29, 0.717) is 0 Å². The van der Waals surface area contributed by atoms with Crippen LogP contribution < -0.4 is 0 Å². The minimum atomic E-state index is -1.86. The Kier molecular flexibility index (Phi) is 4.45. The van der Waals surface area contributed by atoms with E-state index in [1.165, 1.54) is 0 Å². The summed E-state index contributed by atoms with van der Waals surface area (Å²) in [4.78, 5) is 0. The summed E-state index contributed by atoms with van der Waals surface area (Å²) in [5, 5.41) is 0. The molecule has 0 aromatic heterocycles. The molecule has 0 aliphatic heterocycles. The van der Waals surface area contributed by atoms with E-state index < -0.39 is 8.56 Å². The summed E-state index contributed by atoms with van der Waals surface area (Å²) >= 11 is 0. The second-order valence-corrected chi connectivity index (χ2v) is 6.13. The van der Waals surface area contributed by atoms with E-state index in [2.05, 4.69) is 0 Å². The molecule has 0 atom stereocenters. The van der Waals surface area contributed by atoms with Gasteiger partial charge in [-0.1, -0.05) is 6.08 Å². The smallest absolute Gasteiger partial charge is 0.392 e. The van der Waals surface area contributed by atoms with Crippen LogP contribution in [-0.4, -0.2) is 15.2 Å². The highest BCUT2D eigenvalue weighted by molar-refractivity contribution is 6.64. The lowest BCUT2D eigenvalue weighted by Gasteiger charge is -2.23. The second-order valence-electron chi connectivity index (χ2n) is 2.83. The molecule has 66 valence electrons. The van der Waals surface area contributed by atoms with Crippen molar-refractivity contribution >= 4 is 8.56 Å². The Hall–Kier alpha value is -0.283. The standard InChI is InChI=1S/C8H18O2Si/c1-6-8(3)10-11(4,5)9-7-2/h6H,7H2,1-5H3. The molecule has 3 heteroatoms. The van der Waals surface area contributed by atoms with Gasteiger partial charge in [0.25, 0.3) is 0 Å². The molecule has 0 fully saturated rings. The minimum absolute atomic E-state index is 0.732. The first kappa shape index (κ1) is 10.7. The molecular weight excluding hydrogens is 156 g/mol. The molecule has 0 aliphatic carbocycles. The highest BCUT2D eigenvalue weighted by Crippen LogP contribution is 2.11. The van der Waals surface area contributed by atoms with E-state index in [4.69, 9.17) is 8.85 Å². The van der Waals surface area contributed by atoms with Crippen LogP contribution in [0.3, 0.4) is 0 Å². The van der Waals surface area contributed by atoms with E-state index >= 15 is 0 Å². The lowest BCUT2D eigenvalue weighted by Crippen LogP contribution is -2.33. The fraction of sp³-hybridized carbons (Fsp3) is 0.750. The Morgan fingerprint density at radius 2 is 2.00 bits per heavy atom. The lowest BCUT2D eigenvalue weighted by molar-refractivity contribution is 0.229. The average Bonchev–Trinajstić information content (AvgIpc) is 1.86. The van der Waals surface area contributed by atoms with E-state index in [1.54, 1.807) is 0 Å². The van der Waals surface area contributed by atoms with Gasteiger partial charge in [-0.2, -0.15) is 0 Å². The fourth-order valence-corrected chi connectivity index (χ4v) is 2.47. The second kappa shape index (κ2) is 4.57. The Labute approximate surface area is 70.5 Å². The summed E-state index contributed by atoms with van der Waals surface area (Å²) in [6.07, 6.45) is 1.95. The third-order valence-electron chi connectivity index (χ3n) is 1.31. The first-order chi connectivity index (χ1) is 5.02. The number of hydrogen-bond donors (Lipinski definition) is 0. The minimum Gasteiger partial charge on any atom is -0.525 e. The molecule has 0 aliphatic rings. The van der Waals surface area contributed by atoms with Crippen molar-refractivity contribution in [3.8, 4) is 0 Å². The third-order valence-corrected chi connectivity index (χ3v) is 3.10. The van der Waals surface area contributed by atoms with Gasteiger partial charge in [-0.3, -0.25) is 0 Å². The largest absolute Gasteiger partial charge is 0.525 e. The van der Waals surface area contributed by atoms with Gasteiger partial charge in [0.1, 0.15) is 0 Å². The van der Waals surface area contributed by atoms with Gasteiger partial charge in [-0.05, 0) is 33.9 Å². The van der Waals surface area contributed by atoms with Crippen LogP contribution in [0, 0.1) is 0 Å². The Morgan fingerprint density at radius 1 is 1.45 bits per heavy atom. The molecule has 0 aromatic rings. The van der Waals surface area contributed by atoms with Crippen molar-refractivity contribution < 1.29 is 8.85 Å². The van der Waals surface area contributed by atoms with Gasteiger partial charge in [-0.15, -0.1) is 0 Å². The molecule has 0 radical (unpaired) electrons. The highest BCUT2D eigenvalue weighted by Gasteiger charge is 2.25. The summed E-state index contributed by atoms with van der Waals surface area (Å²) < 4.78 is 11.1. The molecule has 0 saturated heterocycles. The Bertz CT molecular complexity index is 141. The highest BCUT2D eigenvalue weighted by atomic mass is 28.4. The molecule has 0 unspecified atom stereocenters. The van der Waals surface area contributed by atoms with Gasteiger partial charge in [0, 0.05) is 6.61 Å². The van der Waals surface area contributed by atoms with Gasteiger partial charge >= 0.3 is 8.56 Å². The monoisotopic (exact) mass is 174 g/mol. The topological polar surface area (TPSA) is 18.5 Å². The van der Waals surface area contributed by atoms with E-state index in [9.17, 15) is 0 Å². The van der Waals surface area contributed by atoms with Crippen LogP contribution in [0.2, 0.25) is 13.1 Å². The molecule has 2 nitrogen and oxygen atoms in total. The van der Waals surface area contributed by atoms with Crippen molar-refractivity contribution in [3.05, 3.63) is 11.8 Å². The van der Waals surface area contributed by atoms with Crippen molar-refractivity contribution in [2.45, 2.75) is 33.9 Å². The maximum Gasteiger partial charge on any atom is 0.392 e. The van der Waals surface area contributed by atoms with E-state index in [1.807, 2.05) is 39.9 Å². The van der Waals surface area contributed by atoms with Crippen molar-refractivity contribution in [2.24, 2.45) is 0 Å². The predicted octanol–water partition coefficient (Wildman–Crippen LogP) is 2.67. The Morgan fingerprint density at radius 3 is 2.36 bits per heavy atom. The van der Waals surface area contributed by atoms with Crippen molar-refractivity contribution in [2.75, 3.05) is 6.61 Å². The average molecular weight is 174 g/mol. The van der Waals surface area contributed by atoms with Crippen LogP contribution in [0.1, 0.15) is 20.8 Å². The molecule has 0 amide bonds. The molecule has 0 bridgehead atoms. The molecule has 0 heterocycles. The van der Waals surface area contributed by atoms with Gasteiger partial charge in [0.2, 0.25) is 0 Å². The summed E-state index contributed by atoms with van der Waals surface area (Å²) in [5.41, 5.74) is 0. The van der Waals surface area contributed by atoms with Crippen molar-refractivity contribution in [1.82, 2.24) is 0 Å². The van der Waals surface area contributed by atoms with E-state index in [-0.39, 0.29) is 0 Å². The Balaban J connectivity index is 3.90. The third kappa shape index (κ3) is 5.04. The maximum absolute atomic E-state index is 5.61. The zero-order valence-corrected chi connectivity index (χ0v) is 9.10. The van der Waals surface area contributed by atoms with Crippen LogP contribution in [0.4, 0.5) is 0 Å². The van der Waals surface area contributed by atoms with Crippen LogP contribution in [0.25, 0.3) is 0 Å². The van der Waals surface area contributed by atoms with Gasteiger partial charge in [-0.25, -0.2) is 0 Å². The summed E-state index contributed by atoms with van der Waals surface area (Å²) in [6, 6.07) is 0. The van der Waals surface area contributed by atoms with E-state index in [0.717, 1.165) is 12.4 Å². The SMILES string of the molecule is CC=C(C)O[Si](C)(C)OCC. The molecule has 0 aromatic carbocycles.